The van der Waals surface area contributed by atoms with Gasteiger partial charge in [0.05, 0.1) is 17.4 Å². The Balaban J connectivity index is 1.49. The van der Waals surface area contributed by atoms with Crippen molar-refractivity contribution in [1.29, 1.82) is 0 Å². The largest absolute Gasteiger partial charge is 0.486 e. The van der Waals surface area contributed by atoms with Crippen LogP contribution >= 0.6 is 0 Å². The van der Waals surface area contributed by atoms with Crippen molar-refractivity contribution < 1.29 is 14.3 Å². The number of benzene rings is 2. The highest BCUT2D eigenvalue weighted by Gasteiger charge is 2.16. The Labute approximate surface area is 139 Å². The number of aromatic nitrogens is 2. The minimum absolute atomic E-state index is 0.0620. The van der Waals surface area contributed by atoms with E-state index in [0.717, 1.165) is 16.6 Å². The maximum Gasteiger partial charge on any atom is 0.240 e. The maximum absolute atomic E-state index is 12.2. The predicted octanol–water partition coefficient (Wildman–Crippen LogP) is 2.12. The second-order valence-electron chi connectivity index (χ2n) is 5.62. The van der Waals surface area contributed by atoms with Crippen LogP contribution in [0.5, 0.6) is 11.5 Å². The minimum Gasteiger partial charge on any atom is -0.486 e. The van der Waals surface area contributed by atoms with Gasteiger partial charge in [0.1, 0.15) is 19.8 Å². The number of hydrogen-bond donors (Lipinski definition) is 1. The smallest absolute Gasteiger partial charge is 0.240 e. The van der Waals surface area contributed by atoms with E-state index >= 15 is 0 Å². The third kappa shape index (κ3) is 2.90. The van der Waals surface area contributed by atoms with Crippen molar-refractivity contribution in [3.8, 4) is 11.5 Å². The molecule has 0 saturated heterocycles. The number of imidazole rings is 1. The van der Waals surface area contributed by atoms with E-state index < -0.39 is 0 Å². The van der Waals surface area contributed by atoms with Crippen LogP contribution in [-0.2, 0) is 17.9 Å². The Bertz CT molecular complexity index is 874. The van der Waals surface area contributed by atoms with Gasteiger partial charge in [-0.05, 0) is 5.56 Å². The number of carbonyl (C=O) groups is 1. The fourth-order valence-corrected chi connectivity index (χ4v) is 2.73. The summed E-state index contributed by atoms with van der Waals surface area (Å²) in [5.74, 6) is 1.33. The summed E-state index contributed by atoms with van der Waals surface area (Å²) in [4.78, 5) is 16.5. The van der Waals surface area contributed by atoms with Crippen molar-refractivity contribution in [2.45, 2.75) is 13.1 Å². The van der Waals surface area contributed by atoms with Crippen LogP contribution in [-0.4, -0.2) is 28.7 Å². The monoisotopic (exact) mass is 323 g/mol. The van der Waals surface area contributed by atoms with E-state index in [0.29, 0.717) is 31.3 Å². The topological polar surface area (TPSA) is 65.4 Å². The van der Waals surface area contributed by atoms with Gasteiger partial charge in [0.15, 0.2) is 11.5 Å². The van der Waals surface area contributed by atoms with E-state index in [9.17, 15) is 4.79 Å². The number of hydrogen-bond acceptors (Lipinski definition) is 4. The van der Waals surface area contributed by atoms with Crippen molar-refractivity contribution in [2.24, 2.45) is 0 Å². The molecule has 1 N–H and O–H groups in total. The number of carbonyl (C=O) groups excluding carboxylic acids is 1. The van der Waals surface area contributed by atoms with Crippen molar-refractivity contribution in [3.05, 3.63) is 54.4 Å². The Morgan fingerprint density at radius 2 is 1.88 bits per heavy atom. The first-order chi connectivity index (χ1) is 11.8. The molecule has 0 unspecified atom stereocenters. The number of rotatable bonds is 4. The second-order valence-corrected chi connectivity index (χ2v) is 5.62. The molecule has 0 aliphatic carbocycles. The van der Waals surface area contributed by atoms with Crippen molar-refractivity contribution in [3.63, 3.8) is 0 Å². The molecule has 1 aromatic heterocycles. The van der Waals surface area contributed by atoms with Crippen LogP contribution in [0.3, 0.4) is 0 Å². The molecule has 122 valence electrons. The summed E-state index contributed by atoms with van der Waals surface area (Å²) < 4.78 is 13.0. The summed E-state index contributed by atoms with van der Waals surface area (Å²) >= 11 is 0. The summed E-state index contributed by atoms with van der Waals surface area (Å²) in [6.07, 6.45) is 1.66. The summed E-state index contributed by atoms with van der Waals surface area (Å²) in [6, 6.07) is 13.6. The van der Waals surface area contributed by atoms with Crippen LogP contribution in [0.2, 0.25) is 0 Å². The van der Waals surface area contributed by atoms with Gasteiger partial charge in [0, 0.05) is 18.7 Å². The standard InChI is InChI=1S/C18H17N3O3/c22-18(19-10-13-4-2-1-3-5-13)11-21-12-20-14-8-16-17(9-15(14)21)24-7-6-23-16/h1-5,8-9,12H,6-7,10-11H2,(H,19,22). The molecule has 1 aliphatic rings. The lowest BCUT2D eigenvalue weighted by atomic mass is 10.2. The number of nitrogens with one attached hydrogen (secondary N) is 1. The van der Waals surface area contributed by atoms with Crippen molar-refractivity contribution >= 4 is 16.9 Å². The number of ether oxygens (including phenoxy) is 2. The molecule has 4 rings (SSSR count). The van der Waals surface area contributed by atoms with Gasteiger partial charge in [-0.2, -0.15) is 0 Å². The molecular weight excluding hydrogens is 306 g/mol. The van der Waals surface area contributed by atoms with Crippen molar-refractivity contribution in [1.82, 2.24) is 14.9 Å². The van der Waals surface area contributed by atoms with Crippen LogP contribution in [0.15, 0.2) is 48.8 Å². The normalized spacial score (nSPS) is 13.0. The van der Waals surface area contributed by atoms with Gasteiger partial charge in [0.25, 0.3) is 0 Å². The van der Waals surface area contributed by atoms with Gasteiger partial charge in [-0.15, -0.1) is 0 Å². The Morgan fingerprint density at radius 3 is 2.67 bits per heavy atom. The molecule has 3 aromatic rings. The molecule has 24 heavy (non-hydrogen) atoms. The molecule has 6 heteroatoms. The number of fused-ring (bicyclic) bond motifs is 2. The molecule has 1 aliphatic heterocycles. The first-order valence-electron chi connectivity index (χ1n) is 7.85. The van der Waals surface area contributed by atoms with Crippen LogP contribution in [0.1, 0.15) is 5.56 Å². The highest BCUT2D eigenvalue weighted by Crippen LogP contribution is 2.34. The fraction of sp³-hybridized carbons (Fsp3) is 0.222. The van der Waals surface area contributed by atoms with Gasteiger partial charge in [-0.1, -0.05) is 30.3 Å². The SMILES string of the molecule is O=C(Cn1cnc2cc3c(cc21)OCCO3)NCc1ccccc1. The molecule has 2 aromatic carbocycles. The van der Waals surface area contributed by atoms with Gasteiger partial charge in [-0.25, -0.2) is 4.98 Å². The van der Waals surface area contributed by atoms with E-state index in [1.54, 1.807) is 6.33 Å². The molecule has 6 nitrogen and oxygen atoms in total. The molecule has 1 amide bonds. The number of amides is 1. The Morgan fingerprint density at radius 1 is 1.12 bits per heavy atom. The lowest BCUT2D eigenvalue weighted by molar-refractivity contribution is -0.121. The minimum atomic E-state index is -0.0620. The molecule has 0 bridgehead atoms. The summed E-state index contributed by atoms with van der Waals surface area (Å²) in [5.41, 5.74) is 2.71. The van der Waals surface area contributed by atoms with E-state index in [4.69, 9.17) is 9.47 Å². The van der Waals surface area contributed by atoms with E-state index in [-0.39, 0.29) is 12.5 Å². The van der Waals surface area contributed by atoms with Gasteiger partial charge in [-0.3, -0.25) is 4.79 Å². The Kier molecular flexibility index (Phi) is 3.78. The van der Waals surface area contributed by atoms with Gasteiger partial charge >= 0.3 is 0 Å². The van der Waals surface area contributed by atoms with Crippen LogP contribution in [0, 0.1) is 0 Å². The van der Waals surface area contributed by atoms with Crippen LogP contribution < -0.4 is 14.8 Å². The third-order valence-electron chi connectivity index (χ3n) is 3.93. The average molecular weight is 323 g/mol. The molecule has 0 fully saturated rings. The molecule has 0 atom stereocenters. The molecular formula is C18H17N3O3. The molecule has 2 heterocycles. The molecule has 0 spiro atoms. The first-order valence-corrected chi connectivity index (χ1v) is 7.85. The molecule has 0 saturated carbocycles. The van der Waals surface area contributed by atoms with Crippen molar-refractivity contribution in [2.75, 3.05) is 13.2 Å². The maximum atomic E-state index is 12.2. The quantitative estimate of drug-likeness (QED) is 0.799. The first kappa shape index (κ1) is 14.6. The zero-order chi connectivity index (χ0) is 16.4. The zero-order valence-electron chi connectivity index (χ0n) is 13.1. The highest BCUT2D eigenvalue weighted by molar-refractivity contribution is 5.83. The average Bonchev–Trinajstić information content (AvgIpc) is 3.01. The second kappa shape index (κ2) is 6.23. The summed E-state index contributed by atoms with van der Waals surface area (Å²) in [6.45, 7) is 1.80. The van der Waals surface area contributed by atoms with Crippen LogP contribution in [0.25, 0.3) is 11.0 Å². The van der Waals surface area contributed by atoms with E-state index in [1.807, 2.05) is 47.0 Å². The van der Waals surface area contributed by atoms with Gasteiger partial charge in [0.2, 0.25) is 5.91 Å². The summed E-state index contributed by atoms with van der Waals surface area (Å²) in [5, 5.41) is 2.92. The van der Waals surface area contributed by atoms with Gasteiger partial charge < -0.3 is 19.4 Å². The third-order valence-corrected chi connectivity index (χ3v) is 3.93. The van der Waals surface area contributed by atoms with E-state index in [1.165, 1.54) is 0 Å². The Hall–Kier alpha value is -3.02. The zero-order valence-corrected chi connectivity index (χ0v) is 13.1. The summed E-state index contributed by atoms with van der Waals surface area (Å²) in [7, 11) is 0. The highest BCUT2D eigenvalue weighted by atomic mass is 16.6. The lowest BCUT2D eigenvalue weighted by Crippen LogP contribution is -2.26. The predicted molar refractivity (Wildman–Crippen MR) is 89.0 cm³/mol. The lowest BCUT2D eigenvalue weighted by Gasteiger charge is -2.18. The molecule has 0 radical (unpaired) electrons. The fourth-order valence-electron chi connectivity index (χ4n) is 2.73. The van der Waals surface area contributed by atoms with E-state index in [2.05, 4.69) is 10.3 Å². The van der Waals surface area contributed by atoms with Crippen LogP contribution in [0.4, 0.5) is 0 Å². The number of nitrogens with zero attached hydrogens (tertiary/aromatic N) is 2.